The molecule has 0 N–H and O–H groups in total. The predicted octanol–water partition coefficient (Wildman–Crippen LogP) is 6.45. The summed E-state index contributed by atoms with van der Waals surface area (Å²) in [5.74, 6) is -5.07. The number of ketones is 2. The normalized spacial score (nSPS) is 35.2. The number of aryl methyl sites for hydroxylation is 1. The highest BCUT2D eigenvalue weighted by Gasteiger charge is 2.61. The average molecular weight is 670 g/mol. The molecule has 2 saturated heterocycles. The van der Waals surface area contributed by atoms with Crippen molar-refractivity contribution in [2.24, 2.45) is 23.7 Å². The van der Waals surface area contributed by atoms with Crippen molar-refractivity contribution in [1.82, 2.24) is 14.5 Å². The van der Waals surface area contributed by atoms with Gasteiger partial charge in [-0.3, -0.25) is 14.6 Å². The van der Waals surface area contributed by atoms with E-state index >= 15 is 4.39 Å². The third-order valence-corrected chi connectivity index (χ3v) is 11.1. The van der Waals surface area contributed by atoms with E-state index < -0.39 is 70.5 Å². The van der Waals surface area contributed by atoms with Gasteiger partial charge in [-0.05, 0) is 64.5 Å². The van der Waals surface area contributed by atoms with Gasteiger partial charge in [0.15, 0.2) is 11.4 Å². The summed E-state index contributed by atoms with van der Waals surface area (Å²) >= 11 is 0. The van der Waals surface area contributed by atoms with Crippen LogP contribution in [0.25, 0.3) is 11.1 Å². The molecule has 0 unspecified atom stereocenters. The van der Waals surface area contributed by atoms with E-state index in [0.29, 0.717) is 19.5 Å². The number of hydrogen-bond acceptors (Lipinski definition) is 8. The first kappa shape index (κ1) is 37.2. The number of carbonyl (C=O) groups excluding carboxylic acids is 4. The van der Waals surface area contributed by atoms with Crippen molar-refractivity contribution in [3.05, 3.63) is 43.0 Å². The molecule has 10 nitrogen and oxygen atoms in total. The zero-order valence-electron chi connectivity index (χ0n) is 29.8. The number of carbonyl (C=O) groups is 4. The number of fused-ring (bicyclic) bond motifs is 1. The summed E-state index contributed by atoms with van der Waals surface area (Å²) in [5, 5.41) is 0. The highest BCUT2D eigenvalue weighted by Crippen LogP contribution is 2.43. The molecule has 264 valence electrons. The summed E-state index contributed by atoms with van der Waals surface area (Å²) < 4.78 is 35.9. The van der Waals surface area contributed by atoms with Crippen LogP contribution in [0.3, 0.4) is 0 Å². The number of methoxy groups -OCH3 is 1. The number of cyclic esters (lactones) is 1. The third kappa shape index (κ3) is 7.07. The van der Waals surface area contributed by atoms with E-state index in [1.165, 1.54) is 7.11 Å². The van der Waals surface area contributed by atoms with Gasteiger partial charge in [-0.25, -0.2) is 14.0 Å². The van der Waals surface area contributed by atoms with Crippen LogP contribution >= 0.6 is 0 Å². The fourth-order valence-corrected chi connectivity index (χ4v) is 7.74. The maximum Gasteiger partial charge on any atom is 0.410 e. The second kappa shape index (κ2) is 14.5. The molecule has 9 atom stereocenters. The Bertz CT molecular complexity index is 1480. The molecule has 0 saturated carbocycles. The van der Waals surface area contributed by atoms with Gasteiger partial charge in [0.05, 0.1) is 11.6 Å². The number of rotatable bonds is 8. The van der Waals surface area contributed by atoms with Gasteiger partial charge >= 0.3 is 12.1 Å². The highest BCUT2D eigenvalue weighted by molar-refractivity contribution is 6.07. The molecule has 0 aliphatic carbocycles. The number of amides is 1. The second-order valence-corrected chi connectivity index (χ2v) is 14.3. The topological polar surface area (TPSA) is 117 Å². The van der Waals surface area contributed by atoms with Crippen LogP contribution in [0.5, 0.6) is 0 Å². The lowest BCUT2D eigenvalue weighted by atomic mass is 9.70. The SMILES string of the molecule is CC[C@H]1OC(=O)[C@@](C)(F)C(=O)[C@H](C)[C@@H](C)[C@](C)(OC)C[C@@H](C)C(=O)[C@H](C)[C@H]2N(CCCCn3ccc(-c4cccnc4)c3)C(=O)O[C@]12C. The Balaban J connectivity index is 1.62. The summed E-state index contributed by atoms with van der Waals surface area (Å²) in [6.45, 7) is 14.0. The van der Waals surface area contributed by atoms with Crippen LogP contribution in [-0.2, 0) is 35.1 Å². The number of pyridine rings is 1. The van der Waals surface area contributed by atoms with Crippen LogP contribution in [-0.4, -0.2) is 80.8 Å². The Morgan fingerprint density at radius 1 is 1.00 bits per heavy atom. The van der Waals surface area contributed by atoms with Crippen LogP contribution < -0.4 is 0 Å². The Morgan fingerprint density at radius 3 is 2.31 bits per heavy atom. The molecule has 2 aliphatic rings. The molecular formula is C37H52FN3O7. The minimum Gasteiger partial charge on any atom is -0.455 e. The fourth-order valence-electron chi connectivity index (χ4n) is 7.74. The number of Topliss-reactive ketones (excluding diaryl/α,β-unsaturated/α-hetero) is 2. The lowest BCUT2D eigenvalue weighted by Crippen LogP contribution is -2.59. The molecule has 2 aliphatic heterocycles. The molecule has 2 aromatic rings. The average Bonchev–Trinajstić information content (AvgIpc) is 3.65. The van der Waals surface area contributed by atoms with Crippen molar-refractivity contribution in [1.29, 1.82) is 0 Å². The number of hydrogen-bond donors (Lipinski definition) is 0. The van der Waals surface area contributed by atoms with E-state index in [1.54, 1.807) is 52.6 Å². The molecular weight excluding hydrogens is 617 g/mol. The first-order chi connectivity index (χ1) is 22.5. The number of unbranched alkanes of at least 4 members (excludes halogenated alkanes) is 1. The van der Waals surface area contributed by atoms with Gasteiger partial charge in [0, 0.05) is 73.9 Å². The largest absolute Gasteiger partial charge is 0.455 e. The van der Waals surface area contributed by atoms with Crippen molar-refractivity contribution in [2.45, 2.75) is 117 Å². The van der Waals surface area contributed by atoms with E-state index in [-0.39, 0.29) is 18.6 Å². The number of esters is 1. The molecule has 0 bridgehead atoms. The molecule has 0 radical (unpaired) electrons. The molecule has 11 heteroatoms. The van der Waals surface area contributed by atoms with Gasteiger partial charge in [0.2, 0.25) is 0 Å². The Kier molecular flexibility index (Phi) is 11.2. The lowest BCUT2D eigenvalue weighted by molar-refractivity contribution is -0.181. The maximum absolute atomic E-state index is 16.2. The van der Waals surface area contributed by atoms with Gasteiger partial charge < -0.3 is 23.7 Å². The van der Waals surface area contributed by atoms with Crippen molar-refractivity contribution >= 4 is 23.6 Å². The van der Waals surface area contributed by atoms with E-state index in [1.807, 2.05) is 37.5 Å². The maximum atomic E-state index is 16.2. The van der Waals surface area contributed by atoms with E-state index in [4.69, 9.17) is 14.2 Å². The van der Waals surface area contributed by atoms with Crippen molar-refractivity contribution < 1.29 is 37.8 Å². The summed E-state index contributed by atoms with van der Waals surface area (Å²) in [7, 11) is 1.50. The van der Waals surface area contributed by atoms with Crippen LogP contribution in [0.4, 0.5) is 9.18 Å². The minimum absolute atomic E-state index is 0.104. The molecule has 2 aromatic heterocycles. The minimum atomic E-state index is -2.95. The van der Waals surface area contributed by atoms with E-state index in [9.17, 15) is 19.2 Å². The van der Waals surface area contributed by atoms with Gasteiger partial charge in [0.25, 0.3) is 5.67 Å². The van der Waals surface area contributed by atoms with Gasteiger partial charge in [-0.1, -0.05) is 40.7 Å². The first-order valence-electron chi connectivity index (χ1n) is 17.1. The quantitative estimate of drug-likeness (QED) is 0.179. The summed E-state index contributed by atoms with van der Waals surface area (Å²) in [4.78, 5) is 60.5. The smallest absolute Gasteiger partial charge is 0.410 e. The Morgan fingerprint density at radius 2 is 1.69 bits per heavy atom. The van der Waals surface area contributed by atoms with Crippen molar-refractivity contribution in [3.8, 4) is 11.1 Å². The fraction of sp³-hybridized carbons (Fsp3) is 0.649. The third-order valence-electron chi connectivity index (χ3n) is 11.1. The van der Waals surface area contributed by atoms with Crippen molar-refractivity contribution in [2.75, 3.05) is 13.7 Å². The standard InChI is InChI=1S/C37H52FN3O7/c1-10-29-37(8)31(41(34(45)48-37)18-12-11-17-40-19-15-28(22-40)27-14-13-16-39-21-27)25(4)30(42)23(2)20-35(6,46-9)26(5)24(3)32(43)36(7,38)33(44)47-29/h13-16,19,21-26,29,31H,10-12,17-18,20H2,1-9H3/t23-,24-,25+,26-,29-,31-,35-,36+,37-/m1/s1. The second-order valence-electron chi connectivity index (χ2n) is 14.3. The zero-order chi connectivity index (χ0) is 35.6. The number of nitrogens with zero attached hydrogens (tertiary/aromatic N) is 3. The van der Waals surface area contributed by atoms with E-state index in [2.05, 4.69) is 15.7 Å². The molecule has 1 amide bonds. The Hall–Kier alpha value is -3.60. The van der Waals surface area contributed by atoms with Crippen LogP contribution in [0.15, 0.2) is 43.0 Å². The molecule has 4 heterocycles. The van der Waals surface area contributed by atoms with Gasteiger partial charge in [-0.15, -0.1) is 0 Å². The monoisotopic (exact) mass is 669 g/mol. The van der Waals surface area contributed by atoms with Gasteiger partial charge in [0.1, 0.15) is 11.9 Å². The molecule has 0 aromatic carbocycles. The molecule has 0 spiro atoms. The molecule has 48 heavy (non-hydrogen) atoms. The van der Waals surface area contributed by atoms with Crippen LogP contribution in [0, 0.1) is 23.7 Å². The summed E-state index contributed by atoms with van der Waals surface area (Å²) in [5.41, 5.74) is -3.34. The zero-order valence-corrected chi connectivity index (χ0v) is 29.8. The summed E-state index contributed by atoms with van der Waals surface area (Å²) in [6, 6.07) is 5.12. The van der Waals surface area contributed by atoms with Crippen LogP contribution in [0.2, 0.25) is 0 Å². The van der Waals surface area contributed by atoms with Crippen LogP contribution in [0.1, 0.15) is 81.1 Å². The predicted molar refractivity (Wildman–Crippen MR) is 179 cm³/mol. The molecule has 4 rings (SSSR count). The lowest BCUT2D eigenvalue weighted by Gasteiger charge is -2.43. The Labute approximate surface area is 283 Å². The number of halogens is 1. The van der Waals surface area contributed by atoms with Crippen molar-refractivity contribution in [3.63, 3.8) is 0 Å². The number of aromatic nitrogens is 2. The molecule has 2 fully saturated rings. The number of ether oxygens (including phenoxy) is 3. The van der Waals surface area contributed by atoms with Gasteiger partial charge in [-0.2, -0.15) is 0 Å². The first-order valence-corrected chi connectivity index (χ1v) is 17.1. The van der Waals surface area contributed by atoms with E-state index in [0.717, 1.165) is 24.5 Å². The highest BCUT2D eigenvalue weighted by atomic mass is 19.1. The number of alkyl halides is 1. The summed E-state index contributed by atoms with van der Waals surface area (Å²) in [6.07, 6.45) is 7.65.